The monoisotopic (exact) mass is 421 g/mol. The lowest BCUT2D eigenvalue weighted by atomic mass is 10.1. The highest BCUT2D eigenvalue weighted by Gasteiger charge is 2.36. The zero-order valence-electron chi connectivity index (χ0n) is 19.3. The van der Waals surface area contributed by atoms with Crippen LogP contribution >= 0.6 is 0 Å². The summed E-state index contributed by atoms with van der Waals surface area (Å²) in [4.78, 5) is 4.40. The number of aliphatic imine (C=N–C) groups is 1. The topological polar surface area (TPSA) is 40.0 Å². The highest BCUT2D eigenvalue weighted by atomic mass is 28.4. The summed E-state index contributed by atoms with van der Waals surface area (Å²) in [5, 5.41) is 0.199. The van der Waals surface area contributed by atoms with Crippen LogP contribution in [0.2, 0.25) is 37.8 Å². The third-order valence-corrected chi connectivity index (χ3v) is 10.3. The van der Waals surface area contributed by atoms with Crippen molar-refractivity contribution >= 4 is 22.8 Å². The van der Waals surface area contributed by atoms with E-state index in [1.54, 1.807) is 6.21 Å². The van der Waals surface area contributed by atoms with Crippen molar-refractivity contribution in [2.75, 3.05) is 13.2 Å². The molecule has 0 aliphatic carbocycles. The molecule has 0 spiro atoms. The van der Waals surface area contributed by atoms with Crippen molar-refractivity contribution < 1.29 is 13.6 Å². The van der Waals surface area contributed by atoms with Crippen molar-refractivity contribution in [1.29, 1.82) is 0 Å². The van der Waals surface area contributed by atoms with E-state index in [1.807, 2.05) is 6.07 Å². The fourth-order valence-corrected chi connectivity index (χ4v) is 4.02. The number of hydrogen-bond donors (Lipinski definition) is 0. The lowest BCUT2D eigenvalue weighted by molar-refractivity contribution is 0.203. The van der Waals surface area contributed by atoms with Gasteiger partial charge in [0.15, 0.2) is 14.2 Å². The maximum Gasteiger partial charge on any atom is 0.244 e. The van der Waals surface area contributed by atoms with Crippen LogP contribution in [0.5, 0.6) is 5.75 Å². The minimum absolute atomic E-state index is 0.199. The van der Waals surface area contributed by atoms with E-state index in [4.69, 9.17) is 13.6 Å². The molecule has 1 aromatic rings. The zero-order chi connectivity index (χ0) is 21.6. The summed E-state index contributed by atoms with van der Waals surface area (Å²) in [6.07, 6.45) is 2.74. The van der Waals surface area contributed by atoms with E-state index in [2.05, 4.69) is 84.1 Å². The summed E-state index contributed by atoms with van der Waals surface area (Å²) >= 11 is 0. The minimum atomic E-state index is -1.76. The van der Waals surface area contributed by atoms with E-state index in [0.717, 1.165) is 17.7 Å². The smallest absolute Gasteiger partial charge is 0.244 e. The van der Waals surface area contributed by atoms with Gasteiger partial charge in [-0.25, -0.2) is 4.99 Å². The number of aryl methyl sites for hydroxylation is 1. The van der Waals surface area contributed by atoms with Gasteiger partial charge in [0, 0.05) is 11.8 Å². The molecule has 0 saturated heterocycles. The Morgan fingerprint density at radius 3 is 2.29 bits per heavy atom. The van der Waals surface area contributed by atoms with E-state index in [0.29, 0.717) is 19.1 Å². The van der Waals surface area contributed by atoms with E-state index < -0.39 is 16.6 Å². The van der Waals surface area contributed by atoms with Gasteiger partial charge in [0.05, 0.1) is 6.61 Å². The van der Waals surface area contributed by atoms with Crippen LogP contribution in [0.3, 0.4) is 0 Å². The van der Waals surface area contributed by atoms with Crippen molar-refractivity contribution in [3.63, 3.8) is 0 Å². The van der Waals surface area contributed by atoms with Crippen LogP contribution in [0, 0.1) is 0 Å². The molecule has 0 aliphatic heterocycles. The molecule has 0 amide bonds. The zero-order valence-corrected chi connectivity index (χ0v) is 21.3. The molecule has 1 rings (SSSR count). The van der Waals surface area contributed by atoms with Gasteiger partial charge in [0.2, 0.25) is 8.32 Å². The van der Waals surface area contributed by atoms with Crippen LogP contribution < -0.4 is 4.74 Å². The summed E-state index contributed by atoms with van der Waals surface area (Å²) in [6.45, 7) is 24.7. The number of benzene rings is 1. The van der Waals surface area contributed by atoms with Crippen LogP contribution in [0.15, 0.2) is 35.7 Å². The second-order valence-electron chi connectivity index (χ2n) is 9.55. The fourth-order valence-electron chi connectivity index (χ4n) is 2.24. The molecule has 4 nitrogen and oxygen atoms in total. The summed E-state index contributed by atoms with van der Waals surface area (Å²) in [7, 11) is -3.46. The van der Waals surface area contributed by atoms with E-state index in [9.17, 15) is 0 Å². The van der Waals surface area contributed by atoms with Crippen molar-refractivity contribution in [2.24, 2.45) is 4.99 Å². The maximum absolute atomic E-state index is 6.20. The molecule has 1 aromatic carbocycles. The molecule has 0 bridgehead atoms. The number of hydrogen-bond acceptors (Lipinski definition) is 4. The molecule has 0 fully saturated rings. The first-order valence-corrected chi connectivity index (χ1v) is 16.4. The van der Waals surface area contributed by atoms with Gasteiger partial charge in [-0.05, 0) is 68.5 Å². The largest absolute Gasteiger partial charge is 0.532 e. The third kappa shape index (κ3) is 8.33. The summed E-state index contributed by atoms with van der Waals surface area (Å²) in [6, 6.07) is 6.21. The highest BCUT2D eigenvalue weighted by molar-refractivity contribution is 6.74. The Balaban J connectivity index is 2.80. The Hall–Kier alpha value is -1.38. The van der Waals surface area contributed by atoms with Gasteiger partial charge in [-0.1, -0.05) is 33.8 Å². The predicted octanol–water partition coefficient (Wildman–Crippen LogP) is 6.39. The summed E-state index contributed by atoms with van der Waals surface area (Å²) < 4.78 is 18.0. The van der Waals surface area contributed by atoms with Crippen molar-refractivity contribution in [3.05, 3.63) is 41.8 Å². The first-order chi connectivity index (χ1) is 12.7. The molecule has 158 valence electrons. The molecule has 6 heteroatoms. The highest BCUT2D eigenvalue weighted by Crippen LogP contribution is 2.36. The van der Waals surface area contributed by atoms with E-state index in [-0.39, 0.29) is 5.04 Å². The molecule has 0 N–H and O–H groups in total. The summed E-state index contributed by atoms with van der Waals surface area (Å²) in [5.74, 6) is 1.26. The maximum atomic E-state index is 6.20. The fraction of sp³-hybridized carbons (Fsp3) is 0.591. The Morgan fingerprint density at radius 2 is 1.75 bits per heavy atom. The minimum Gasteiger partial charge on any atom is -0.532 e. The lowest BCUT2D eigenvalue weighted by Crippen LogP contribution is -2.41. The van der Waals surface area contributed by atoms with Crippen molar-refractivity contribution in [3.8, 4) is 5.75 Å². The van der Waals surface area contributed by atoms with Crippen LogP contribution in [-0.4, -0.2) is 36.1 Å². The quantitative estimate of drug-likeness (QED) is 0.190. The second kappa shape index (κ2) is 9.90. The summed E-state index contributed by atoms with van der Waals surface area (Å²) in [5.41, 5.74) is 2.18. The average Bonchev–Trinajstić information content (AvgIpc) is 2.54. The van der Waals surface area contributed by atoms with Crippen molar-refractivity contribution in [1.82, 2.24) is 0 Å². The number of nitrogens with zero attached hydrogens (tertiary/aromatic N) is 1. The Labute approximate surface area is 174 Å². The molecular formula is C22H39NO3Si2. The van der Waals surface area contributed by atoms with E-state index in [1.165, 1.54) is 5.56 Å². The van der Waals surface area contributed by atoms with Gasteiger partial charge in [0.1, 0.15) is 12.4 Å². The molecule has 0 radical (unpaired) electrons. The van der Waals surface area contributed by atoms with Gasteiger partial charge >= 0.3 is 0 Å². The van der Waals surface area contributed by atoms with Gasteiger partial charge in [-0.3, -0.25) is 0 Å². The normalized spacial score (nSPS) is 13.0. The molecule has 0 unspecified atom stereocenters. The average molecular weight is 422 g/mol. The molecule has 28 heavy (non-hydrogen) atoms. The Bertz CT molecular complexity index is 686. The van der Waals surface area contributed by atoms with Gasteiger partial charge in [-0.2, -0.15) is 0 Å². The van der Waals surface area contributed by atoms with Crippen LogP contribution in [0.1, 0.15) is 38.8 Å². The third-order valence-electron chi connectivity index (χ3n) is 4.86. The molecule has 0 aliphatic rings. The second-order valence-corrected chi connectivity index (χ2v) is 18.8. The van der Waals surface area contributed by atoms with Gasteiger partial charge < -0.3 is 13.6 Å². The first kappa shape index (κ1) is 24.7. The standard InChI is InChI=1S/C22H39NO3Si2/c1-11-19-12-13-21(24-14-15-25-28(9,10)22(3,4)5)20(16-19)17-23-18(2)26-27(6,7)8/h12-13,16-17H,2,11,14-15H2,1,3-10H3. The molecule has 0 aromatic heterocycles. The lowest BCUT2D eigenvalue weighted by Gasteiger charge is -2.36. The Kier molecular flexibility index (Phi) is 8.72. The predicted molar refractivity (Wildman–Crippen MR) is 126 cm³/mol. The molecule has 0 atom stereocenters. The molecule has 0 saturated carbocycles. The number of ether oxygens (including phenoxy) is 1. The van der Waals surface area contributed by atoms with Crippen LogP contribution in [0.25, 0.3) is 0 Å². The molecule has 0 heterocycles. The van der Waals surface area contributed by atoms with Gasteiger partial charge in [0.25, 0.3) is 0 Å². The van der Waals surface area contributed by atoms with Crippen LogP contribution in [0.4, 0.5) is 0 Å². The van der Waals surface area contributed by atoms with E-state index >= 15 is 0 Å². The first-order valence-electron chi connectivity index (χ1n) is 10.1. The molecular weight excluding hydrogens is 382 g/mol. The van der Waals surface area contributed by atoms with Gasteiger partial charge in [-0.15, -0.1) is 0 Å². The van der Waals surface area contributed by atoms with Crippen molar-refractivity contribution in [2.45, 2.75) is 71.9 Å². The SMILES string of the molecule is C=C(N=Cc1cc(CC)ccc1OCCO[Si](C)(C)C(C)(C)C)O[Si](C)(C)C. The van der Waals surface area contributed by atoms with Crippen LogP contribution in [-0.2, 0) is 15.3 Å². The Morgan fingerprint density at radius 1 is 1.11 bits per heavy atom. The number of rotatable bonds is 10.